The zero-order chi connectivity index (χ0) is 13.9. The van der Waals surface area contributed by atoms with E-state index in [4.69, 9.17) is 10.5 Å². The number of hydrogen-bond donors (Lipinski definition) is 1. The Morgan fingerprint density at radius 2 is 1.95 bits per heavy atom. The predicted octanol–water partition coefficient (Wildman–Crippen LogP) is 4.02. The number of rotatable bonds is 4. The molecule has 0 aliphatic heterocycles. The molecule has 0 fully saturated rings. The van der Waals surface area contributed by atoms with Crippen molar-refractivity contribution in [2.45, 2.75) is 19.8 Å². The number of aromatic nitrogens is 2. The van der Waals surface area contributed by atoms with E-state index in [0.717, 1.165) is 40.9 Å². The van der Waals surface area contributed by atoms with Crippen molar-refractivity contribution in [2.75, 3.05) is 5.73 Å². The third kappa shape index (κ3) is 2.44. The first kappa shape index (κ1) is 12.9. The molecule has 0 spiro atoms. The summed E-state index contributed by atoms with van der Waals surface area (Å²) in [6.07, 6.45) is 1.91. The van der Waals surface area contributed by atoms with Gasteiger partial charge in [-0.15, -0.1) is 0 Å². The predicted molar refractivity (Wildman–Crippen MR) is 82.3 cm³/mol. The molecule has 0 bridgehead atoms. The molecule has 0 radical (unpaired) electrons. The summed E-state index contributed by atoms with van der Waals surface area (Å²) in [5.74, 6) is 1.60. The van der Waals surface area contributed by atoms with Crippen LogP contribution in [-0.2, 0) is 6.42 Å². The maximum Gasteiger partial charge on any atom is 0.298 e. The number of benzene rings is 2. The SMILES string of the molecule is CCCc1nsc(Oc2ccc(N)c3ccccc23)n1. The standard InChI is InChI=1S/C15H15N3OS/c1-2-5-14-17-15(20-18-14)19-13-9-8-12(16)10-6-3-4-7-11(10)13/h3-4,6-9H,2,5,16H2,1H3. The van der Waals surface area contributed by atoms with Crippen molar-refractivity contribution >= 4 is 28.0 Å². The minimum absolute atomic E-state index is 0.573. The molecular weight excluding hydrogens is 270 g/mol. The van der Waals surface area contributed by atoms with E-state index in [-0.39, 0.29) is 0 Å². The van der Waals surface area contributed by atoms with E-state index >= 15 is 0 Å². The molecule has 3 rings (SSSR count). The zero-order valence-corrected chi connectivity index (χ0v) is 12.0. The third-order valence-electron chi connectivity index (χ3n) is 3.04. The maximum absolute atomic E-state index is 5.98. The van der Waals surface area contributed by atoms with Gasteiger partial charge in [-0.3, -0.25) is 0 Å². The Kier molecular flexibility index (Phi) is 3.52. The van der Waals surface area contributed by atoms with Crippen molar-refractivity contribution in [2.24, 2.45) is 0 Å². The van der Waals surface area contributed by atoms with Gasteiger partial charge in [0.1, 0.15) is 11.6 Å². The fourth-order valence-electron chi connectivity index (χ4n) is 2.08. The second-order valence-electron chi connectivity index (χ2n) is 4.53. The minimum atomic E-state index is 0.573. The van der Waals surface area contributed by atoms with Crippen LogP contribution in [0.2, 0.25) is 0 Å². The molecule has 1 heterocycles. The summed E-state index contributed by atoms with van der Waals surface area (Å²) in [6, 6.07) is 11.6. The summed E-state index contributed by atoms with van der Waals surface area (Å²) in [4.78, 5) is 4.38. The first-order valence-corrected chi connectivity index (χ1v) is 7.33. The number of nitrogen functional groups attached to an aromatic ring is 1. The van der Waals surface area contributed by atoms with Gasteiger partial charge in [-0.25, -0.2) is 0 Å². The second kappa shape index (κ2) is 5.46. The van der Waals surface area contributed by atoms with E-state index in [9.17, 15) is 0 Å². The van der Waals surface area contributed by atoms with Crippen molar-refractivity contribution in [3.63, 3.8) is 0 Å². The van der Waals surface area contributed by atoms with Gasteiger partial charge in [-0.05, 0) is 18.6 Å². The van der Waals surface area contributed by atoms with Crippen molar-refractivity contribution in [3.05, 3.63) is 42.2 Å². The normalized spacial score (nSPS) is 10.8. The Hall–Kier alpha value is -2.14. The van der Waals surface area contributed by atoms with Crippen LogP contribution in [0.1, 0.15) is 19.2 Å². The summed E-state index contributed by atoms with van der Waals surface area (Å²) in [5, 5.41) is 2.55. The van der Waals surface area contributed by atoms with Crippen LogP contribution in [-0.4, -0.2) is 9.36 Å². The molecule has 2 N–H and O–H groups in total. The monoisotopic (exact) mass is 285 g/mol. The highest BCUT2D eigenvalue weighted by atomic mass is 32.1. The molecule has 3 aromatic rings. The third-order valence-corrected chi connectivity index (χ3v) is 3.67. The van der Waals surface area contributed by atoms with E-state index < -0.39 is 0 Å². The van der Waals surface area contributed by atoms with Crippen LogP contribution in [0.25, 0.3) is 10.8 Å². The number of fused-ring (bicyclic) bond motifs is 1. The van der Waals surface area contributed by atoms with Gasteiger partial charge in [0, 0.05) is 34.4 Å². The van der Waals surface area contributed by atoms with Gasteiger partial charge < -0.3 is 10.5 Å². The number of nitrogens with zero attached hydrogens (tertiary/aromatic N) is 2. The fraction of sp³-hybridized carbons (Fsp3) is 0.200. The molecular formula is C15H15N3OS. The van der Waals surface area contributed by atoms with Crippen LogP contribution in [0.5, 0.6) is 10.9 Å². The number of ether oxygens (including phenoxy) is 1. The highest BCUT2D eigenvalue weighted by molar-refractivity contribution is 7.07. The fourth-order valence-corrected chi connectivity index (χ4v) is 2.67. The van der Waals surface area contributed by atoms with Gasteiger partial charge in [0.25, 0.3) is 5.19 Å². The van der Waals surface area contributed by atoms with Crippen molar-refractivity contribution < 1.29 is 4.74 Å². The number of anilines is 1. The lowest BCUT2D eigenvalue weighted by Crippen LogP contribution is -1.91. The molecule has 0 atom stereocenters. The zero-order valence-electron chi connectivity index (χ0n) is 11.2. The maximum atomic E-state index is 5.98. The van der Waals surface area contributed by atoms with Crippen LogP contribution < -0.4 is 10.5 Å². The highest BCUT2D eigenvalue weighted by Crippen LogP contribution is 2.33. The lowest BCUT2D eigenvalue weighted by molar-refractivity contribution is 0.482. The molecule has 20 heavy (non-hydrogen) atoms. The van der Waals surface area contributed by atoms with Crippen molar-refractivity contribution in [1.82, 2.24) is 9.36 Å². The molecule has 0 aliphatic carbocycles. The van der Waals surface area contributed by atoms with Crippen LogP contribution in [0, 0.1) is 0 Å². The summed E-state index contributed by atoms with van der Waals surface area (Å²) >= 11 is 1.28. The van der Waals surface area contributed by atoms with Crippen molar-refractivity contribution in [3.8, 4) is 10.9 Å². The first-order valence-electron chi connectivity index (χ1n) is 6.55. The summed E-state index contributed by atoms with van der Waals surface area (Å²) in [5.41, 5.74) is 6.73. The quantitative estimate of drug-likeness (QED) is 0.735. The smallest absolute Gasteiger partial charge is 0.298 e. The number of aryl methyl sites for hydroxylation is 1. The first-order chi connectivity index (χ1) is 9.78. The Balaban J connectivity index is 1.96. The molecule has 0 saturated heterocycles. The Morgan fingerprint density at radius 1 is 1.15 bits per heavy atom. The van der Waals surface area contributed by atoms with E-state index in [1.807, 2.05) is 36.4 Å². The lowest BCUT2D eigenvalue weighted by Gasteiger charge is -2.07. The van der Waals surface area contributed by atoms with Crippen LogP contribution in [0.15, 0.2) is 36.4 Å². The lowest BCUT2D eigenvalue weighted by atomic mass is 10.1. The molecule has 0 saturated carbocycles. The van der Waals surface area contributed by atoms with E-state index in [0.29, 0.717) is 5.19 Å². The van der Waals surface area contributed by atoms with Gasteiger partial charge in [-0.1, -0.05) is 31.2 Å². The largest absolute Gasteiger partial charge is 0.429 e. The molecule has 1 aromatic heterocycles. The number of nitrogens with two attached hydrogens (primary N) is 1. The molecule has 0 amide bonds. The van der Waals surface area contributed by atoms with Crippen LogP contribution in [0.3, 0.4) is 0 Å². The van der Waals surface area contributed by atoms with Crippen LogP contribution in [0.4, 0.5) is 5.69 Å². The molecule has 0 aliphatic rings. The van der Waals surface area contributed by atoms with E-state index in [1.165, 1.54) is 11.5 Å². The minimum Gasteiger partial charge on any atom is -0.429 e. The van der Waals surface area contributed by atoms with Gasteiger partial charge >= 0.3 is 0 Å². The molecule has 5 heteroatoms. The molecule has 102 valence electrons. The van der Waals surface area contributed by atoms with E-state index in [1.54, 1.807) is 0 Å². The van der Waals surface area contributed by atoms with Crippen molar-refractivity contribution in [1.29, 1.82) is 0 Å². The summed E-state index contributed by atoms with van der Waals surface area (Å²) in [6.45, 7) is 2.11. The summed E-state index contributed by atoms with van der Waals surface area (Å²) < 4.78 is 10.1. The average Bonchev–Trinajstić information content (AvgIpc) is 2.90. The second-order valence-corrected chi connectivity index (χ2v) is 5.24. The highest BCUT2D eigenvalue weighted by Gasteiger charge is 2.09. The molecule has 2 aromatic carbocycles. The topological polar surface area (TPSA) is 61.0 Å². The van der Waals surface area contributed by atoms with Gasteiger partial charge in [0.2, 0.25) is 0 Å². The molecule has 4 nitrogen and oxygen atoms in total. The van der Waals surface area contributed by atoms with E-state index in [2.05, 4.69) is 16.3 Å². The molecule has 0 unspecified atom stereocenters. The Labute approximate surface area is 121 Å². The van der Waals surface area contributed by atoms with Gasteiger partial charge in [0.05, 0.1) is 0 Å². The number of hydrogen-bond acceptors (Lipinski definition) is 5. The van der Waals surface area contributed by atoms with Gasteiger partial charge in [0.15, 0.2) is 0 Å². The van der Waals surface area contributed by atoms with Crippen LogP contribution >= 0.6 is 11.5 Å². The average molecular weight is 285 g/mol. The summed E-state index contributed by atoms with van der Waals surface area (Å²) in [7, 11) is 0. The Bertz CT molecular complexity index is 739. The van der Waals surface area contributed by atoms with Gasteiger partial charge in [-0.2, -0.15) is 9.36 Å². The Morgan fingerprint density at radius 3 is 2.75 bits per heavy atom.